The molecule has 1 aromatic rings. The van der Waals surface area contributed by atoms with Crippen LogP contribution in [0, 0.1) is 0 Å². The molecule has 0 atom stereocenters. The molecule has 0 aliphatic rings. The Hall–Kier alpha value is -1.68. The molecular formula is C23H38O12S. The zero-order valence-corrected chi connectivity index (χ0v) is 21.4. The number of carbonyl (C=O) groups is 1. The molecule has 0 saturated heterocycles. The summed E-state index contributed by atoms with van der Waals surface area (Å²) in [6, 6.07) is 7.94. The number of carboxylic acids is 1. The zero-order valence-electron chi connectivity index (χ0n) is 20.5. The first kappa shape index (κ1) is 32.3. The number of rotatable bonds is 26. The van der Waals surface area contributed by atoms with E-state index in [2.05, 4.69) is 0 Å². The highest BCUT2D eigenvalue weighted by Crippen LogP contribution is 2.10. The molecule has 0 aliphatic heterocycles. The number of hydrogen-bond donors (Lipinski definition) is 1. The molecule has 12 nitrogen and oxygen atoms in total. The monoisotopic (exact) mass is 538 g/mol. The summed E-state index contributed by atoms with van der Waals surface area (Å²) in [7, 11) is -3.76. The molecule has 0 aromatic heterocycles. The van der Waals surface area contributed by atoms with Crippen LogP contribution in [0.25, 0.3) is 0 Å². The first-order valence-corrected chi connectivity index (χ1v) is 13.1. The van der Waals surface area contributed by atoms with Crippen LogP contribution in [0.5, 0.6) is 0 Å². The molecule has 1 N–H and O–H groups in total. The van der Waals surface area contributed by atoms with Gasteiger partial charge >= 0.3 is 5.97 Å². The van der Waals surface area contributed by atoms with E-state index in [0.717, 1.165) is 0 Å². The molecule has 0 bridgehead atoms. The fourth-order valence-electron chi connectivity index (χ4n) is 2.44. The van der Waals surface area contributed by atoms with Gasteiger partial charge in [-0.05, 0) is 12.1 Å². The molecule has 1 rings (SSSR count). The maximum atomic E-state index is 11.9. The normalized spacial score (nSPS) is 11.7. The van der Waals surface area contributed by atoms with Gasteiger partial charge in [0.1, 0.15) is 0 Å². The average Bonchev–Trinajstić information content (AvgIpc) is 2.87. The Morgan fingerprint density at radius 1 is 0.556 bits per heavy atom. The Kier molecular flexibility index (Phi) is 20.2. The minimum absolute atomic E-state index is 0.0110. The number of hydrogen-bond acceptors (Lipinski definition) is 11. The first-order valence-electron chi connectivity index (χ1n) is 11.7. The van der Waals surface area contributed by atoms with Gasteiger partial charge in [-0.15, -0.1) is 0 Å². The fraction of sp³-hybridized carbons (Fsp3) is 0.696. The number of benzene rings is 1. The van der Waals surface area contributed by atoms with E-state index in [4.69, 9.17) is 42.4 Å². The largest absolute Gasteiger partial charge is 0.481 e. The van der Waals surface area contributed by atoms with Crippen molar-refractivity contribution < 1.29 is 55.7 Å². The quantitative estimate of drug-likeness (QED) is 0.133. The second kappa shape index (κ2) is 22.5. The van der Waals surface area contributed by atoms with Gasteiger partial charge in [-0.25, -0.2) is 0 Å². The van der Waals surface area contributed by atoms with Crippen molar-refractivity contribution in [1.82, 2.24) is 0 Å². The second-order valence-electron chi connectivity index (χ2n) is 7.02. The molecule has 0 radical (unpaired) electrons. The van der Waals surface area contributed by atoms with Crippen LogP contribution >= 0.6 is 0 Å². The molecule has 0 saturated carbocycles. The summed E-state index contributed by atoms with van der Waals surface area (Å²) >= 11 is 0. The lowest BCUT2D eigenvalue weighted by Gasteiger charge is -2.08. The van der Waals surface area contributed by atoms with Crippen molar-refractivity contribution in [1.29, 1.82) is 0 Å². The molecule has 0 fully saturated rings. The van der Waals surface area contributed by atoms with Gasteiger partial charge in [0.2, 0.25) is 0 Å². The Balaban J connectivity index is 1.73. The van der Waals surface area contributed by atoms with E-state index in [1.165, 1.54) is 12.1 Å². The second-order valence-corrected chi connectivity index (χ2v) is 8.63. The van der Waals surface area contributed by atoms with Crippen molar-refractivity contribution in [3.05, 3.63) is 30.3 Å². The summed E-state index contributed by atoms with van der Waals surface area (Å²) in [6.45, 7) is 5.20. The molecule has 0 amide bonds. The van der Waals surface area contributed by atoms with E-state index >= 15 is 0 Å². The van der Waals surface area contributed by atoms with Gasteiger partial charge < -0.3 is 38.3 Å². The van der Waals surface area contributed by atoms with E-state index in [0.29, 0.717) is 79.3 Å². The van der Waals surface area contributed by atoms with Crippen molar-refractivity contribution in [2.75, 3.05) is 99.1 Å². The van der Waals surface area contributed by atoms with Crippen LogP contribution in [0.3, 0.4) is 0 Å². The third kappa shape index (κ3) is 19.5. The van der Waals surface area contributed by atoms with E-state index in [-0.39, 0.29) is 31.1 Å². The average molecular weight is 539 g/mol. The smallest absolute Gasteiger partial charge is 0.305 e. The molecule has 0 heterocycles. The summed E-state index contributed by atoms with van der Waals surface area (Å²) in [5.41, 5.74) is 0. The van der Waals surface area contributed by atoms with Crippen molar-refractivity contribution in [2.24, 2.45) is 0 Å². The first-order chi connectivity index (χ1) is 17.5. The van der Waals surface area contributed by atoms with Gasteiger partial charge in [0.15, 0.2) is 0 Å². The lowest BCUT2D eigenvalue weighted by Crippen LogP contribution is -2.15. The predicted octanol–water partition coefficient (Wildman–Crippen LogP) is 0.983. The molecule has 36 heavy (non-hydrogen) atoms. The SMILES string of the molecule is O=C(O)CCOCCOCCOCCOCCOCCOCCOCCOS(=O)(=O)c1ccccc1. The Morgan fingerprint density at radius 3 is 1.25 bits per heavy atom. The maximum Gasteiger partial charge on any atom is 0.305 e. The summed E-state index contributed by atoms with van der Waals surface area (Å²) < 4.78 is 65.9. The fourth-order valence-corrected chi connectivity index (χ4v) is 3.35. The van der Waals surface area contributed by atoms with E-state index in [1.807, 2.05) is 0 Å². The standard InChI is InChI=1S/C23H38O12S/c24-23(25)6-7-28-8-9-29-10-11-30-12-13-31-14-15-32-16-17-33-18-19-34-20-21-35-36(26,27)22-4-2-1-3-5-22/h1-5H,6-21H2,(H,24,25). The summed E-state index contributed by atoms with van der Waals surface area (Å²) in [5.74, 6) is -0.883. The summed E-state index contributed by atoms with van der Waals surface area (Å²) in [5, 5.41) is 8.46. The Morgan fingerprint density at radius 2 is 0.889 bits per heavy atom. The number of ether oxygens (including phenoxy) is 7. The van der Waals surface area contributed by atoms with E-state index in [1.54, 1.807) is 18.2 Å². The van der Waals surface area contributed by atoms with Gasteiger partial charge in [-0.3, -0.25) is 8.98 Å². The molecule has 208 valence electrons. The minimum atomic E-state index is -3.76. The van der Waals surface area contributed by atoms with Crippen molar-refractivity contribution >= 4 is 16.1 Å². The lowest BCUT2D eigenvalue weighted by atomic mass is 10.4. The van der Waals surface area contributed by atoms with Crippen LogP contribution < -0.4 is 0 Å². The lowest BCUT2D eigenvalue weighted by molar-refractivity contribution is -0.138. The summed E-state index contributed by atoms with van der Waals surface area (Å²) in [6.07, 6.45) is -0.0110. The predicted molar refractivity (Wildman–Crippen MR) is 128 cm³/mol. The van der Waals surface area contributed by atoms with Crippen molar-refractivity contribution in [3.8, 4) is 0 Å². The molecule has 13 heteroatoms. The molecule has 0 aliphatic carbocycles. The van der Waals surface area contributed by atoms with Crippen molar-refractivity contribution in [3.63, 3.8) is 0 Å². The van der Waals surface area contributed by atoms with Gasteiger partial charge in [0, 0.05) is 0 Å². The molecule has 0 unspecified atom stereocenters. The maximum absolute atomic E-state index is 11.9. The number of aliphatic carboxylic acids is 1. The van der Waals surface area contributed by atoms with Gasteiger partial charge in [0.25, 0.3) is 10.1 Å². The molecular weight excluding hydrogens is 500 g/mol. The Labute approximate surface area is 212 Å². The van der Waals surface area contributed by atoms with Gasteiger partial charge in [-0.2, -0.15) is 8.42 Å². The van der Waals surface area contributed by atoms with Crippen LogP contribution in [-0.2, 0) is 52.3 Å². The zero-order chi connectivity index (χ0) is 26.2. The highest BCUT2D eigenvalue weighted by atomic mass is 32.2. The Bertz CT molecular complexity index is 745. The summed E-state index contributed by atoms with van der Waals surface area (Å²) in [4.78, 5) is 10.4. The minimum Gasteiger partial charge on any atom is -0.481 e. The van der Waals surface area contributed by atoms with Gasteiger partial charge in [-0.1, -0.05) is 18.2 Å². The van der Waals surface area contributed by atoms with E-state index in [9.17, 15) is 13.2 Å². The van der Waals surface area contributed by atoms with Crippen molar-refractivity contribution in [2.45, 2.75) is 11.3 Å². The topological polar surface area (TPSA) is 145 Å². The van der Waals surface area contributed by atoms with Crippen LogP contribution in [-0.4, -0.2) is 119 Å². The molecule has 1 aromatic carbocycles. The van der Waals surface area contributed by atoms with E-state index < -0.39 is 16.1 Å². The van der Waals surface area contributed by atoms with Crippen LogP contribution in [0.15, 0.2) is 35.2 Å². The van der Waals surface area contributed by atoms with Crippen LogP contribution in [0.4, 0.5) is 0 Å². The highest BCUT2D eigenvalue weighted by Gasteiger charge is 2.13. The molecule has 0 spiro atoms. The highest BCUT2D eigenvalue weighted by molar-refractivity contribution is 7.86. The van der Waals surface area contributed by atoms with Crippen LogP contribution in [0.2, 0.25) is 0 Å². The number of carboxylic acid groups (broad SMARTS) is 1. The third-order valence-corrected chi connectivity index (χ3v) is 5.52. The third-order valence-electron chi connectivity index (χ3n) is 4.19. The van der Waals surface area contributed by atoms with Crippen LogP contribution in [0.1, 0.15) is 6.42 Å². The van der Waals surface area contributed by atoms with Gasteiger partial charge in [0.05, 0.1) is 110 Å².